The Hall–Kier alpha value is -1.02. The van der Waals surface area contributed by atoms with Crippen molar-refractivity contribution in [2.75, 3.05) is 5.88 Å². The topological polar surface area (TPSA) is 26.3 Å². The van der Waals surface area contributed by atoms with Crippen molar-refractivity contribution in [2.24, 2.45) is 0 Å². The maximum Gasteiger partial charge on any atom is 0.326 e. The molecule has 1 aromatic carbocycles. The van der Waals surface area contributed by atoms with Gasteiger partial charge in [-0.2, -0.15) is 0 Å². The van der Waals surface area contributed by atoms with E-state index in [1.165, 1.54) is 32.1 Å². The van der Waals surface area contributed by atoms with Crippen molar-refractivity contribution in [1.82, 2.24) is 0 Å². The fourth-order valence-electron chi connectivity index (χ4n) is 2.47. The average Bonchev–Trinajstić information content (AvgIpc) is 2.40. The summed E-state index contributed by atoms with van der Waals surface area (Å²) < 4.78 is 5.28. The van der Waals surface area contributed by atoms with E-state index in [9.17, 15) is 4.79 Å². The first kappa shape index (κ1) is 12.4. The number of esters is 1. The lowest BCUT2D eigenvalue weighted by Gasteiger charge is -2.23. The van der Waals surface area contributed by atoms with Gasteiger partial charge in [-0.3, -0.25) is 4.79 Å². The molecular weight excluding hydrogens is 236 g/mol. The molecule has 2 rings (SSSR count). The Balaban J connectivity index is 2.17. The second-order valence-corrected chi connectivity index (χ2v) is 4.75. The fourth-order valence-corrected chi connectivity index (χ4v) is 2.53. The summed E-state index contributed by atoms with van der Waals surface area (Å²) in [4.78, 5) is 11.3. The van der Waals surface area contributed by atoms with Crippen molar-refractivity contribution in [3.05, 3.63) is 29.8 Å². The van der Waals surface area contributed by atoms with Crippen LogP contribution in [0, 0.1) is 0 Å². The highest BCUT2D eigenvalue weighted by Crippen LogP contribution is 2.37. The van der Waals surface area contributed by atoms with Gasteiger partial charge in [0.1, 0.15) is 11.6 Å². The fraction of sp³-hybridized carbons (Fsp3) is 0.500. The van der Waals surface area contributed by atoms with Crippen LogP contribution in [-0.4, -0.2) is 11.8 Å². The number of halogens is 1. The van der Waals surface area contributed by atoms with E-state index in [1.54, 1.807) is 0 Å². The van der Waals surface area contributed by atoms with Gasteiger partial charge >= 0.3 is 5.97 Å². The maximum absolute atomic E-state index is 11.3. The lowest BCUT2D eigenvalue weighted by atomic mass is 9.84. The van der Waals surface area contributed by atoms with Gasteiger partial charge in [-0.1, -0.05) is 37.5 Å². The quantitative estimate of drug-likeness (QED) is 0.464. The Kier molecular flexibility index (Phi) is 4.43. The van der Waals surface area contributed by atoms with Crippen molar-refractivity contribution in [2.45, 2.75) is 38.0 Å². The number of benzene rings is 1. The Morgan fingerprint density at radius 1 is 1.24 bits per heavy atom. The molecule has 0 radical (unpaired) electrons. The number of hydrogen-bond acceptors (Lipinski definition) is 2. The molecule has 0 atom stereocenters. The number of alkyl halides is 1. The second kappa shape index (κ2) is 6.06. The van der Waals surface area contributed by atoms with E-state index in [1.807, 2.05) is 18.2 Å². The molecule has 0 bridgehead atoms. The van der Waals surface area contributed by atoms with Crippen molar-refractivity contribution in [3.63, 3.8) is 0 Å². The summed E-state index contributed by atoms with van der Waals surface area (Å²) >= 11 is 5.47. The average molecular weight is 253 g/mol. The van der Waals surface area contributed by atoms with Crippen LogP contribution in [0.5, 0.6) is 5.75 Å². The minimum absolute atomic E-state index is 0.0982. The van der Waals surface area contributed by atoms with Gasteiger partial charge in [0, 0.05) is 0 Å². The third-order valence-corrected chi connectivity index (χ3v) is 3.52. The van der Waals surface area contributed by atoms with Crippen molar-refractivity contribution in [1.29, 1.82) is 0 Å². The van der Waals surface area contributed by atoms with Crippen molar-refractivity contribution < 1.29 is 9.53 Å². The summed E-state index contributed by atoms with van der Waals surface area (Å²) in [6.07, 6.45) is 6.23. The number of hydrogen-bond donors (Lipinski definition) is 0. The highest BCUT2D eigenvalue weighted by molar-refractivity contribution is 6.26. The van der Waals surface area contributed by atoms with E-state index < -0.39 is 0 Å². The van der Waals surface area contributed by atoms with Gasteiger partial charge in [0.2, 0.25) is 0 Å². The van der Waals surface area contributed by atoms with E-state index in [0.717, 1.165) is 5.56 Å². The zero-order valence-electron chi connectivity index (χ0n) is 9.82. The minimum Gasteiger partial charge on any atom is -0.425 e. The highest BCUT2D eigenvalue weighted by Gasteiger charge is 2.19. The van der Waals surface area contributed by atoms with Gasteiger partial charge in [-0.25, -0.2) is 0 Å². The molecule has 0 heterocycles. The molecule has 1 fully saturated rings. The highest BCUT2D eigenvalue weighted by atomic mass is 35.5. The molecule has 3 heteroatoms. The molecule has 1 aromatic rings. The molecule has 17 heavy (non-hydrogen) atoms. The third kappa shape index (κ3) is 3.22. The standard InChI is InChI=1S/C14H17ClO2/c15-10-14(16)17-13-9-5-4-8-12(13)11-6-2-1-3-7-11/h4-5,8-9,11H,1-3,6-7,10H2. The van der Waals surface area contributed by atoms with Gasteiger partial charge in [0.05, 0.1) is 0 Å². The normalized spacial score (nSPS) is 16.8. The monoisotopic (exact) mass is 252 g/mol. The molecule has 92 valence electrons. The lowest BCUT2D eigenvalue weighted by Crippen LogP contribution is -2.12. The van der Waals surface area contributed by atoms with Crippen LogP contribution in [0.4, 0.5) is 0 Å². The SMILES string of the molecule is O=C(CCl)Oc1ccccc1C1CCCCC1. The van der Waals surface area contributed by atoms with Gasteiger partial charge in [-0.05, 0) is 30.4 Å². The van der Waals surface area contributed by atoms with Gasteiger partial charge in [0.25, 0.3) is 0 Å². The van der Waals surface area contributed by atoms with Crippen LogP contribution in [0.3, 0.4) is 0 Å². The summed E-state index contributed by atoms with van der Waals surface area (Å²) in [6.45, 7) is 0. The van der Waals surface area contributed by atoms with Crippen molar-refractivity contribution >= 4 is 17.6 Å². The van der Waals surface area contributed by atoms with Crippen LogP contribution in [-0.2, 0) is 4.79 Å². The Morgan fingerprint density at radius 2 is 1.94 bits per heavy atom. The van der Waals surface area contributed by atoms with E-state index in [4.69, 9.17) is 16.3 Å². The first-order valence-corrected chi connectivity index (χ1v) is 6.70. The number of para-hydroxylation sites is 1. The van der Waals surface area contributed by atoms with E-state index in [0.29, 0.717) is 11.7 Å². The number of rotatable bonds is 3. The lowest BCUT2D eigenvalue weighted by molar-refractivity contribution is -0.131. The van der Waals surface area contributed by atoms with Crippen molar-refractivity contribution in [3.8, 4) is 5.75 Å². The third-order valence-electron chi connectivity index (χ3n) is 3.30. The molecule has 1 saturated carbocycles. The molecule has 1 aliphatic rings. The zero-order valence-corrected chi connectivity index (χ0v) is 10.6. The molecule has 0 aromatic heterocycles. The first-order chi connectivity index (χ1) is 8.31. The maximum atomic E-state index is 11.3. The molecule has 0 spiro atoms. The molecule has 0 N–H and O–H groups in total. The number of ether oxygens (including phenoxy) is 1. The molecule has 1 aliphatic carbocycles. The predicted molar refractivity (Wildman–Crippen MR) is 68.6 cm³/mol. The number of carbonyl (C=O) groups is 1. The smallest absolute Gasteiger partial charge is 0.326 e. The largest absolute Gasteiger partial charge is 0.425 e. The Morgan fingerprint density at radius 3 is 2.65 bits per heavy atom. The molecule has 2 nitrogen and oxygen atoms in total. The first-order valence-electron chi connectivity index (χ1n) is 6.17. The molecule has 0 saturated heterocycles. The van der Waals surface area contributed by atoms with Gasteiger partial charge < -0.3 is 4.74 Å². The van der Waals surface area contributed by atoms with E-state index >= 15 is 0 Å². The molecule has 0 aliphatic heterocycles. The van der Waals surface area contributed by atoms with Gasteiger partial charge in [-0.15, -0.1) is 11.6 Å². The van der Waals surface area contributed by atoms with Crippen LogP contribution in [0.25, 0.3) is 0 Å². The molecule has 0 unspecified atom stereocenters. The summed E-state index contributed by atoms with van der Waals surface area (Å²) in [6, 6.07) is 7.81. The second-order valence-electron chi connectivity index (χ2n) is 4.48. The van der Waals surface area contributed by atoms with E-state index in [2.05, 4.69) is 6.07 Å². The van der Waals surface area contributed by atoms with Crippen LogP contribution in [0.15, 0.2) is 24.3 Å². The molecule has 0 amide bonds. The summed E-state index contributed by atoms with van der Waals surface area (Å²) in [7, 11) is 0. The number of carbonyl (C=O) groups excluding carboxylic acids is 1. The van der Waals surface area contributed by atoms with Crippen LogP contribution in [0.1, 0.15) is 43.6 Å². The summed E-state index contributed by atoms with van der Waals surface area (Å²) in [5.74, 6) is 0.738. The molecular formula is C14H17ClO2. The summed E-state index contributed by atoms with van der Waals surface area (Å²) in [5, 5.41) is 0. The minimum atomic E-state index is -0.380. The zero-order chi connectivity index (χ0) is 12.1. The van der Waals surface area contributed by atoms with E-state index in [-0.39, 0.29) is 11.8 Å². The Labute approximate surface area is 107 Å². The Bertz CT molecular complexity index is 384. The van der Waals surface area contributed by atoms with Crippen LogP contribution < -0.4 is 4.74 Å². The summed E-state index contributed by atoms with van der Waals surface area (Å²) in [5.41, 5.74) is 1.16. The van der Waals surface area contributed by atoms with Gasteiger partial charge in [0.15, 0.2) is 0 Å². The predicted octanol–water partition coefficient (Wildman–Crippen LogP) is 3.88. The van der Waals surface area contributed by atoms with Crippen LogP contribution in [0.2, 0.25) is 0 Å². The van der Waals surface area contributed by atoms with Crippen LogP contribution >= 0.6 is 11.6 Å².